The predicted octanol–water partition coefficient (Wildman–Crippen LogP) is 4.44. The third-order valence-corrected chi connectivity index (χ3v) is 4.70. The van der Waals surface area contributed by atoms with Crippen molar-refractivity contribution >= 4 is 24.0 Å². The Balaban J connectivity index is 0.00000225. The molecule has 0 unspecified atom stereocenters. The second-order valence-corrected chi connectivity index (χ2v) is 6.59. The Morgan fingerprint density at radius 1 is 0.960 bits per heavy atom. The van der Waals surface area contributed by atoms with Crippen molar-refractivity contribution in [3.05, 3.63) is 65.7 Å². The SMILES string of the molecule is Cc1ccccc1N(Cc1ccccc1)C(=O)CN1CCCCC1.Cl. The van der Waals surface area contributed by atoms with Crippen LogP contribution >= 0.6 is 12.4 Å². The molecule has 3 nitrogen and oxygen atoms in total. The van der Waals surface area contributed by atoms with E-state index in [0.717, 1.165) is 29.9 Å². The lowest BCUT2D eigenvalue weighted by Gasteiger charge is -2.30. The van der Waals surface area contributed by atoms with E-state index in [9.17, 15) is 4.79 Å². The van der Waals surface area contributed by atoms with Crippen LogP contribution in [0.5, 0.6) is 0 Å². The summed E-state index contributed by atoms with van der Waals surface area (Å²) in [5.74, 6) is 0.190. The molecule has 1 heterocycles. The van der Waals surface area contributed by atoms with E-state index < -0.39 is 0 Å². The largest absolute Gasteiger partial charge is 0.307 e. The maximum absolute atomic E-state index is 13.1. The molecule has 25 heavy (non-hydrogen) atoms. The Labute approximate surface area is 157 Å². The van der Waals surface area contributed by atoms with Gasteiger partial charge in [-0.25, -0.2) is 0 Å². The fourth-order valence-corrected chi connectivity index (χ4v) is 3.33. The standard InChI is InChI=1S/C21H26N2O.ClH/c1-18-10-6-7-13-20(18)23(16-19-11-4-2-5-12-19)21(24)17-22-14-8-3-9-15-22;/h2,4-7,10-13H,3,8-9,14-17H2,1H3;1H. The summed E-state index contributed by atoms with van der Waals surface area (Å²) in [4.78, 5) is 17.3. The number of anilines is 1. The second-order valence-electron chi connectivity index (χ2n) is 6.59. The van der Waals surface area contributed by atoms with Gasteiger partial charge in [-0.3, -0.25) is 9.69 Å². The van der Waals surface area contributed by atoms with Gasteiger partial charge >= 0.3 is 0 Å². The second kappa shape index (κ2) is 9.59. The van der Waals surface area contributed by atoms with Crippen LogP contribution in [-0.2, 0) is 11.3 Å². The molecule has 0 atom stereocenters. The molecular formula is C21H27ClN2O. The molecular weight excluding hydrogens is 332 g/mol. The molecule has 0 radical (unpaired) electrons. The van der Waals surface area contributed by atoms with Crippen LogP contribution in [-0.4, -0.2) is 30.4 Å². The average Bonchev–Trinajstić information content (AvgIpc) is 2.62. The summed E-state index contributed by atoms with van der Waals surface area (Å²) in [7, 11) is 0. The van der Waals surface area contributed by atoms with Gasteiger partial charge in [0.15, 0.2) is 0 Å². The lowest BCUT2D eigenvalue weighted by molar-refractivity contribution is -0.120. The first-order valence-corrected chi connectivity index (χ1v) is 8.86. The number of likely N-dealkylation sites (tertiary alicyclic amines) is 1. The smallest absolute Gasteiger partial charge is 0.241 e. The topological polar surface area (TPSA) is 23.6 Å². The summed E-state index contributed by atoms with van der Waals surface area (Å²) in [6.07, 6.45) is 3.70. The van der Waals surface area contributed by atoms with Crippen LogP contribution in [0.3, 0.4) is 0 Å². The minimum atomic E-state index is 0. The van der Waals surface area contributed by atoms with Gasteiger partial charge < -0.3 is 4.90 Å². The quantitative estimate of drug-likeness (QED) is 0.789. The third-order valence-electron chi connectivity index (χ3n) is 4.70. The summed E-state index contributed by atoms with van der Waals surface area (Å²) in [6, 6.07) is 18.4. The lowest BCUT2D eigenvalue weighted by atomic mass is 10.1. The Kier molecular flexibility index (Phi) is 7.48. The number of piperidine rings is 1. The maximum Gasteiger partial charge on any atom is 0.241 e. The highest BCUT2D eigenvalue weighted by Gasteiger charge is 2.21. The van der Waals surface area contributed by atoms with E-state index >= 15 is 0 Å². The van der Waals surface area contributed by atoms with Gasteiger partial charge in [-0.05, 0) is 50.0 Å². The molecule has 1 amide bonds. The van der Waals surface area contributed by atoms with Crippen molar-refractivity contribution < 1.29 is 4.79 Å². The average molecular weight is 359 g/mol. The van der Waals surface area contributed by atoms with Crippen LogP contribution in [0.4, 0.5) is 5.69 Å². The molecule has 0 aliphatic carbocycles. The molecule has 4 heteroatoms. The number of carbonyl (C=O) groups excluding carboxylic acids is 1. The molecule has 1 aliphatic heterocycles. The molecule has 1 saturated heterocycles. The first-order valence-electron chi connectivity index (χ1n) is 8.86. The fourth-order valence-electron chi connectivity index (χ4n) is 3.33. The van der Waals surface area contributed by atoms with Crippen molar-refractivity contribution in [2.45, 2.75) is 32.7 Å². The van der Waals surface area contributed by atoms with Gasteiger partial charge in [0.25, 0.3) is 0 Å². The highest BCUT2D eigenvalue weighted by Crippen LogP contribution is 2.22. The minimum Gasteiger partial charge on any atom is -0.307 e. The lowest BCUT2D eigenvalue weighted by Crippen LogP contribution is -2.42. The molecule has 2 aromatic carbocycles. The van der Waals surface area contributed by atoms with E-state index in [0.29, 0.717) is 13.1 Å². The summed E-state index contributed by atoms with van der Waals surface area (Å²) in [5, 5.41) is 0. The maximum atomic E-state index is 13.1. The zero-order valence-electron chi connectivity index (χ0n) is 14.9. The highest BCUT2D eigenvalue weighted by molar-refractivity contribution is 5.95. The Hall–Kier alpha value is -1.84. The number of nitrogens with zero attached hydrogens (tertiary/aromatic N) is 2. The van der Waals surface area contributed by atoms with E-state index in [-0.39, 0.29) is 18.3 Å². The first kappa shape index (κ1) is 19.5. The van der Waals surface area contributed by atoms with Gasteiger partial charge in [-0.1, -0.05) is 55.0 Å². The number of hydrogen-bond donors (Lipinski definition) is 0. The van der Waals surface area contributed by atoms with Gasteiger partial charge in [-0.15, -0.1) is 12.4 Å². The monoisotopic (exact) mass is 358 g/mol. The number of amides is 1. The van der Waals surface area contributed by atoms with Crippen molar-refractivity contribution in [3.63, 3.8) is 0 Å². The van der Waals surface area contributed by atoms with E-state index in [1.54, 1.807) is 0 Å². The fraction of sp³-hybridized carbons (Fsp3) is 0.381. The van der Waals surface area contributed by atoms with E-state index in [1.807, 2.05) is 41.3 Å². The van der Waals surface area contributed by atoms with Crippen LogP contribution in [0.1, 0.15) is 30.4 Å². The molecule has 0 saturated carbocycles. The van der Waals surface area contributed by atoms with Crippen molar-refractivity contribution in [2.75, 3.05) is 24.5 Å². The summed E-state index contributed by atoms with van der Waals surface area (Å²) < 4.78 is 0. The summed E-state index contributed by atoms with van der Waals surface area (Å²) in [6.45, 7) is 5.29. The number of rotatable bonds is 5. The van der Waals surface area contributed by atoms with Crippen LogP contribution in [0.15, 0.2) is 54.6 Å². The molecule has 1 aliphatic rings. The molecule has 134 valence electrons. The molecule has 2 aromatic rings. The van der Waals surface area contributed by atoms with E-state index in [2.05, 4.69) is 30.0 Å². The zero-order valence-corrected chi connectivity index (χ0v) is 15.7. The molecule has 0 aromatic heterocycles. The van der Waals surface area contributed by atoms with Gasteiger partial charge in [-0.2, -0.15) is 0 Å². The molecule has 0 bridgehead atoms. The summed E-state index contributed by atoms with van der Waals surface area (Å²) in [5.41, 5.74) is 3.32. The number of halogens is 1. The molecule has 3 rings (SSSR count). The van der Waals surface area contributed by atoms with Gasteiger partial charge in [0.2, 0.25) is 5.91 Å². The van der Waals surface area contributed by atoms with Gasteiger partial charge in [0.1, 0.15) is 0 Å². The van der Waals surface area contributed by atoms with Crippen LogP contribution in [0.2, 0.25) is 0 Å². The summed E-state index contributed by atoms with van der Waals surface area (Å²) >= 11 is 0. The van der Waals surface area contributed by atoms with Crippen molar-refractivity contribution in [3.8, 4) is 0 Å². The third kappa shape index (κ3) is 5.32. The van der Waals surface area contributed by atoms with Crippen molar-refractivity contribution in [1.82, 2.24) is 4.90 Å². The van der Waals surface area contributed by atoms with E-state index in [4.69, 9.17) is 0 Å². The van der Waals surface area contributed by atoms with Crippen LogP contribution < -0.4 is 4.90 Å². The van der Waals surface area contributed by atoms with Crippen molar-refractivity contribution in [2.24, 2.45) is 0 Å². The van der Waals surface area contributed by atoms with Crippen LogP contribution in [0, 0.1) is 6.92 Å². The van der Waals surface area contributed by atoms with Gasteiger partial charge in [0.05, 0.1) is 13.1 Å². The van der Waals surface area contributed by atoms with E-state index in [1.165, 1.54) is 19.3 Å². The Bertz CT molecular complexity index is 669. The molecule has 0 N–H and O–H groups in total. The highest BCUT2D eigenvalue weighted by atomic mass is 35.5. The van der Waals surface area contributed by atoms with Crippen LogP contribution in [0.25, 0.3) is 0 Å². The number of hydrogen-bond acceptors (Lipinski definition) is 2. The van der Waals surface area contributed by atoms with Crippen molar-refractivity contribution in [1.29, 1.82) is 0 Å². The molecule has 1 fully saturated rings. The minimum absolute atomic E-state index is 0. The number of carbonyl (C=O) groups is 1. The number of aryl methyl sites for hydroxylation is 1. The number of para-hydroxylation sites is 1. The number of benzene rings is 2. The first-order chi connectivity index (χ1) is 11.7. The molecule has 0 spiro atoms. The Morgan fingerprint density at radius 2 is 1.60 bits per heavy atom. The normalized spacial score (nSPS) is 14.6. The Morgan fingerprint density at radius 3 is 2.28 bits per heavy atom. The predicted molar refractivity (Wildman–Crippen MR) is 106 cm³/mol. The van der Waals surface area contributed by atoms with Gasteiger partial charge in [0, 0.05) is 5.69 Å². The zero-order chi connectivity index (χ0) is 16.8.